The van der Waals surface area contributed by atoms with E-state index in [0.29, 0.717) is 5.41 Å². The van der Waals surface area contributed by atoms with Gasteiger partial charge in [0.1, 0.15) is 0 Å². The van der Waals surface area contributed by atoms with Gasteiger partial charge in [0.15, 0.2) is 0 Å². The van der Waals surface area contributed by atoms with E-state index in [0.717, 1.165) is 17.8 Å². The first kappa shape index (κ1) is 12.7. The van der Waals surface area contributed by atoms with Crippen LogP contribution in [-0.2, 0) is 5.41 Å². The van der Waals surface area contributed by atoms with E-state index >= 15 is 0 Å². The van der Waals surface area contributed by atoms with Crippen LogP contribution in [0.5, 0.6) is 0 Å². The van der Waals surface area contributed by atoms with Crippen LogP contribution < -0.4 is 0 Å². The maximum absolute atomic E-state index is 3.56. The van der Waals surface area contributed by atoms with Gasteiger partial charge in [-0.25, -0.2) is 0 Å². The topological polar surface area (TPSA) is 0 Å². The molecule has 1 aromatic carbocycles. The van der Waals surface area contributed by atoms with Crippen molar-refractivity contribution >= 4 is 15.9 Å². The molecule has 2 aliphatic rings. The van der Waals surface area contributed by atoms with Crippen molar-refractivity contribution in [2.24, 2.45) is 17.8 Å². The van der Waals surface area contributed by atoms with E-state index in [4.69, 9.17) is 0 Å². The summed E-state index contributed by atoms with van der Waals surface area (Å²) in [7, 11) is 0. The van der Waals surface area contributed by atoms with Crippen LogP contribution in [0.3, 0.4) is 0 Å². The van der Waals surface area contributed by atoms with Gasteiger partial charge in [-0.1, -0.05) is 41.9 Å². The predicted octanol–water partition coefficient (Wildman–Crippen LogP) is 5.55. The van der Waals surface area contributed by atoms with E-state index in [-0.39, 0.29) is 0 Å². The van der Waals surface area contributed by atoms with Crippen molar-refractivity contribution in [3.63, 3.8) is 0 Å². The molecule has 2 bridgehead atoms. The molecule has 0 amide bonds. The molecule has 2 fully saturated rings. The minimum Gasteiger partial charge on any atom is -0.0625 e. The van der Waals surface area contributed by atoms with Crippen LogP contribution in [-0.4, -0.2) is 0 Å². The Labute approximate surface area is 119 Å². The summed E-state index contributed by atoms with van der Waals surface area (Å²) in [5, 5.41) is 0. The highest BCUT2D eigenvalue weighted by atomic mass is 79.9. The van der Waals surface area contributed by atoms with E-state index in [1.165, 1.54) is 36.6 Å². The lowest BCUT2D eigenvalue weighted by atomic mass is 9.54. The Morgan fingerprint density at radius 2 is 1.50 bits per heavy atom. The molecule has 0 saturated heterocycles. The van der Waals surface area contributed by atoms with Crippen LogP contribution >= 0.6 is 15.9 Å². The number of benzene rings is 1. The summed E-state index contributed by atoms with van der Waals surface area (Å²) >= 11 is 3.56. The lowest BCUT2D eigenvalue weighted by Crippen LogP contribution is -2.42. The van der Waals surface area contributed by atoms with Crippen molar-refractivity contribution in [1.29, 1.82) is 0 Å². The van der Waals surface area contributed by atoms with E-state index in [2.05, 4.69) is 54.0 Å². The summed E-state index contributed by atoms with van der Waals surface area (Å²) in [6, 6.07) is 9.16. The summed E-state index contributed by atoms with van der Waals surface area (Å²) in [5.74, 6) is 2.78. The van der Waals surface area contributed by atoms with Crippen molar-refractivity contribution in [2.75, 3.05) is 0 Å². The van der Waals surface area contributed by atoms with Crippen molar-refractivity contribution in [3.05, 3.63) is 34.3 Å². The highest BCUT2D eigenvalue weighted by Crippen LogP contribution is 2.53. The molecule has 0 aromatic heterocycles. The third kappa shape index (κ3) is 2.27. The first-order valence-corrected chi connectivity index (χ1v) is 8.13. The highest BCUT2D eigenvalue weighted by Gasteiger charge is 2.44. The second-order valence-corrected chi connectivity index (χ2v) is 7.86. The molecule has 1 aromatic rings. The summed E-state index contributed by atoms with van der Waals surface area (Å²) in [5.41, 5.74) is 2.08. The van der Waals surface area contributed by atoms with Gasteiger partial charge in [-0.3, -0.25) is 0 Å². The molecule has 98 valence electrons. The Bertz CT molecular complexity index is 400. The molecule has 2 unspecified atom stereocenters. The molecule has 0 spiro atoms. The Kier molecular flexibility index (Phi) is 3.30. The zero-order chi connectivity index (χ0) is 12.8. The monoisotopic (exact) mass is 306 g/mol. The van der Waals surface area contributed by atoms with E-state index in [9.17, 15) is 0 Å². The Hall–Kier alpha value is -0.300. The second-order valence-electron chi connectivity index (χ2n) is 6.95. The van der Waals surface area contributed by atoms with Gasteiger partial charge in [-0.2, -0.15) is 0 Å². The average Bonchev–Trinajstić information content (AvgIpc) is 2.27. The first-order valence-electron chi connectivity index (χ1n) is 7.33. The zero-order valence-corrected chi connectivity index (χ0v) is 13.0. The molecule has 0 radical (unpaired) electrons. The van der Waals surface area contributed by atoms with Crippen LogP contribution in [0.15, 0.2) is 28.7 Å². The van der Waals surface area contributed by atoms with Gasteiger partial charge in [-0.15, -0.1) is 0 Å². The van der Waals surface area contributed by atoms with Crippen LogP contribution in [0, 0.1) is 17.8 Å². The molecule has 2 atom stereocenters. The van der Waals surface area contributed by atoms with Crippen LogP contribution in [0.1, 0.15) is 51.5 Å². The molecule has 3 rings (SSSR count). The Morgan fingerprint density at radius 1 is 0.944 bits per heavy atom. The molecular formula is C17H23Br. The quantitative estimate of drug-likeness (QED) is 0.638. The van der Waals surface area contributed by atoms with Gasteiger partial charge in [0.25, 0.3) is 0 Å². The van der Waals surface area contributed by atoms with Crippen LogP contribution in [0.4, 0.5) is 0 Å². The summed E-state index contributed by atoms with van der Waals surface area (Å²) in [6.07, 6.45) is 7.15. The van der Waals surface area contributed by atoms with Gasteiger partial charge < -0.3 is 0 Å². The maximum Gasteiger partial charge on any atom is 0.0175 e. The van der Waals surface area contributed by atoms with Crippen molar-refractivity contribution in [3.8, 4) is 0 Å². The number of hydrogen-bond acceptors (Lipinski definition) is 0. The van der Waals surface area contributed by atoms with Crippen LogP contribution in [0.25, 0.3) is 0 Å². The van der Waals surface area contributed by atoms with Crippen molar-refractivity contribution in [2.45, 2.75) is 51.4 Å². The van der Waals surface area contributed by atoms with Gasteiger partial charge >= 0.3 is 0 Å². The van der Waals surface area contributed by atoms with Crippen molar-refractivity contribution < 1.29 is 0 Å². The largest absolute Gasteiger partial charge is 0.0625 e. The van der Waals surface area contributed by atoms with E-state index in [1.54, 1.807) is 5.56 Å². The van der Waals surface area contributed by atoms with Gasteiger partial charge in [0, 0.05) is 4.47 Å². The molecule has 0 heterocycles. The lowest BCUT2D eigenvalue weighted by molar-refractivity contribution is 0.0780. The number of halogens is 1. The molecule has 18 heavy (non-hydrogen) atoms. The SMILES string of the molecule is CC1CC2CC(C)CC(c3ccc(Br)cc3)(C1)C2. The number of hydrogen-bond donors (Lipinski definition) is 0. The van der Waals surface area contributed by atoms with Gasteiger partial charge in [-0.05, 0) is 73.0 Å². The summed E-state index contributed by atoms with van der Waals surface area (Å²) < 4.78 is 1.20. The number of fused-ring (bicyclic) bond motifs is 2. The first-order chi connectivity index (χ1) is 8.57. The molecule has 1 heteroatoms. The molecule has 0 aliphatic heterocycles. The maximum atomic E-state index is 3.56. The van der Waals surface area contributed by atoms with E-state index < -0.39 is 0 Å². The third-order valence-corrected chi connectivity index (χ3v) is 5.61. The fraction of sp³-hybridized carbons (Fsp3) is 0.647. The number of rotatable bonds is 1. The fourth-order valence-corrected chi connectivity index (χ4v) is 5.13. The Morgan fingerprint density at radius 3 is 2.06 bits per heavy atom. The summed E-state index contributed by atoms with van der Waals surface area (Å²) in [4.78, 5) is 0. The molecule has 0 N–H and O–H groups in total. The minimum atomic E-state index is 0.487. The second kappa shape index (κ2) is 4.67. The fourth-order valence-electron chi connectivity index (χ4n) is 4.86. The molecule has 2 aliphatic carbocycles. The Balaban J connectivity index is 1.97. The highest BCUT2D eigenvalue weighted by molar-refractivity contribution is 9.10. The third-order valence-electron chi connectivity index (χ3n) is 5.09. The van der Waals surface area contributed by atoms with Crippen molar-refractivity contribution in [1.82, 2.24) is 0 Å². The van der Waals surface area contributed by atoms with E-state index in [1.807, 2.05) is 0 Å². The smallest absolute Gasteiger partial charge is 0.0175 e. The van der Waals surface area contributed by atoms with Gasteiger partial charge in [0.2, 0.25) is 0 Å². The molecule has 0 nitrogen and oxygen atoms in total. The normalized spacial score (nSPS) is 39.6. The van der Waals surface area contributed by atoms with Crippen LogP contribution in [0.2, 0.25) is 0 Å². The summed E-state index contributed by atoms with van der Waals surface area (Å²) in [6.45, 7) is 4.91. The average molecular weight is 307 g/mol. The standard InChI is InChI=1S/C17H23Br/c1-12-7-14-8-13(2)10-17(9-12,11-14)15-3-5-16(18)6-4-15/h3-6,12-14H,7-11H2,1-2H3. The lowest BCUT2D eigenvalue weighted by Gasteiger charge is -2.50. The molecule has 2 saturated carbocycles. The zero-order valence-electron chi connectivity index (χ0n) is 11.5. The van der Waals surface area contributed by atoms with Gasteiger partial charge in [0.05, 0.1) is 0 Å². The minimum absolute atomic E-state index is 0.487. The predicted molar refractivity (Wildman–Crippen MR) is 80.7 cm³/mol. The molecular weight excluding hydrogens is 284 g/mol.